The van der Waals surface area contributed by atoms with Gasteiger partial charge in [0.15, 0.2) is 0 Å². The first kappa shape index (κ1) is 21.4. The van der Waals surface area contributed by atoms with E-state index >= 15 is 0 Å². The molecule has 1 aromatic heterocycles. The average Bonchev–Trinajstić information content (AvgIpc) is 2.81. The molecular formula is C14H13F7N2O3S. The van der Waals surface area contributed by atoms with Gasteiger partial charge in [-0.15, -0.1) is 24.5 Å². The predicted molar refractivity (Wildman–Crippen MR) is 79.7 cm³/mol. The third kappa shape index (κ3) is 4.34. The number of nitrogens with two attached hydrogens (primary N) is 1. The SMILES string of the molecule is CC1CCc2c(sc(NC(=O)C(F)(F)C(F)(F)OC(F)(F)F)c2C(N)=O)C1. The lowest BCUT2D eigenvalue weighted by atomic mass is 9.88. The Kier molecular flexibility index (Phi) is 5.49. The highest BCUT2D eigenvalue weighted by Crippen LogP contribution is 2.43. The molecule has 0 radical (unpaired) electrons. The van der Waals surface area contributed by atoms with E-state index in [0.29, 0.717) is 41.0 Å². The topological polar surface area (TPSA) is 81.4 Å². The quantitative estimate of drug-likeness (QED) is 0.711. The van der Waals surface area contributed by atoms with E-state index in [0.717, 1.165) is 0 Å². The summed E-state index contributed by atoms with van der Waals surface area (Å²) < 4.78 is 91.3. The van der Waals surface area contributed by atoms with Crippen molar-refractivity contribution in [2.75, 3.05) is 5.32 Å². The van der Waals surface area contributed by atoms with Crippen LogP contribution in [-0.2, 0) is 22.4 Å². The Labute approximate surface area is 151 Å². The average molecular weight is 422 g/mol. The maximum Gasteiger partial charge on any atom is 0.527 e. The highest BCUT2D eigenvalue weighted by molar-refractivity contribution is 7.17. The number of carbonyl (C=O) groups excluding carboxylic acids is 2. The lowest BCUT2D eigenvalue weighted by Gasteiger charge is -2.25. The minimum Gasteiger partial charge on any atom is -0.365 e. The maximum absolute atomic E-state index is 13.6. The zero-order chi connectivity index (χ0) is 20.8. The predicted octanol–water partition coefficient (Wildman–Crippen LogP) is 3.67. The Morgan fingerprint density at radius 3 is 2.30 bits per heavy atom. The van der Waals surface area contributed by atoms with Crippen molar-refractivity contribution in [2.24, 2.45) is 11.7 Å². The molecule has 0 saturated heterocycles. The standard InChI is InChI=1S/C14H13F7N2O3S/c1-5-2-3-6-7(4-5)27-10(8(6)9(22)24)23-11(25)12(15,16)13(17,18)26-14(19,20)21/h5H,2-4H2,1H3,(H2,22,24)(H,23,25). The van der Waals surface area contributed by atoms with E-state index in [-0.39, 0.29) is 11.5 Å². The van der Waals surface area contributed by atoms with E-state index in [9.17, 15) is 40.3 Å². The van der Waals surface area contributed by atoms with Crippen LogP contribution in [0.2, 0.25) is 0 Å². The molecule has 152 valence electrons. The summed E-state index contributed by atoms with van der Waals surface area (Å²) in [6.07, 6.45) is -10.8. The highest BCUT2D eigenvalue weighted by atomic mass is 32.1. The second-order valence-corrected chi connectivity index (χ2v) is 7.12. The van der Waals surface area contributed by atoms with Crippen molar-refractivity contribution in [3.63, 3.8) is 0 Å². The van der Waals surface area contributed by atoms with E-state index in [1.807, 2.05) is 6.92 Å². The third-order valence-corrected chi connectivity index (χ3v) is 5.05. The molecule has 0 aromatic carbocycles. The summed E-state index contributed by atoms with van der Waals surface area (Å²) in [5.41, 5.74) is 5.27. The first-order chi connectivity index (χ1) is 12.2. The number of hydrogen-bond donors (Lipinski definition) is 2. The Bertz CT molecular complexity index is 761. The molecule has 27 heavy (non-hydrogen) atoms. The van der Waals surface area contributed by atoms with E-state index < -0.39 is 35.2 Å². The van der Waals surface area contributed by atoms with E-state index in [1.54, 1.807) is 0 Å². The Morgan fingerprint density at radius 1 is 1.19 bits per heavy atom. The molecule has 1 aromatic rings. The van der Waals surface area contributed by atoms with E-state index in [4.69, 9.17) is 5.73 Å². The number of nitrogens with one attached hydrogen (secondary N) is 1. The van der Waals surface area contributed by atoms with Crippen molar-refractivity contribution in [3.8, 4) is 0 Å². The Balaban J connectivity index is 2.33. The van der Waals surface area contributed by atoms with Crippen LogP contribution in [0.3, 0.4) is 0 Å². The molecule has 1 unspecified atom stereocenters. The zero-order valence-electron chi connectivity index (χ0n) is 13.6. The van der Waals surface area contributed by atoms with Crippen LogP contribution in [0.25, 0.3) is 0 Å². The lowest BCUT2D eigenvalue weighted by Crippen LogP contribution is -2.53. The minimum atomic E-state index is -6.16. The van der Waals surface area contributed by atoms with Crippen LogP contribution in [0, 0.1) is 5.92 Å². The summed E-state index contributed by atoms with van der Waals surface area (Å²) in [6, 6.07) is 0. The number of ether oxygens (including phenoxy) is 1. The van der Waals surface area contributed by atoms with E-state index in [2.05, 4.69) is 4.74 Å². The van der Waals surface area contributed by atoms with Gasteiger partial charge in [0.25, 0.3) is 5.91 Å². The molecule has 0 spiro atoms. The molecule has 2 rings (SSSR count). The Morgan fingerprint density at radius 2 is 1.78 bits per heavy atom. The van der Waals surface area contributed by atoms with Crippen molar-refractivity contribution in [3.05, 3.63) is 16.0 Å². The second-order valence-electron chi connectivity index (χ2n) is 6.01. The molecule has 2 amide bonds. The molecule has 1 heterocycles. The number of hydrogen-bond acceptors (Lipinski definition) is 4. The van der Waals surface area contributed by atoms with Gasteiger partial charge in [-0.25, -0.2) is 4.74 Å². The van der Waals surface area contributed by atoms with Crippen LogP contribution in [-0.4, -0.2) is 30.2 Å². The first-order valence-corrected chi connectivity index (χ1v) is 8.25. The molecule has 0 aliphatic heterocycles. The van der Waals surface area contributed by atoms with Crippen molar-refractivity contribution < 1.29 is 45.1 Å². The van der Waals surface area contributed by atoms with Crippen LogP contribution in [0.1, 0.15) is 34.1 Å². The molecule has 5 nitrogen and oxygen atoms in total. The molecule has 0 fully saturated rings. The smallest absolute Gasteiger partial charge is 0.365 e. The maximum atomic E-state index is 13.6. The fourth-order valence-electron chi connectivity index (χ4n) is 2.62. The number of rotatable bonds is 5. The van der Waals surface area contributed by atoms with Crippen LogP contribution in [0.5, 0.6) is 0 Å². The summed E-state index contributed by atoms with van der Waals surface area (Å²) in [7, 11) is 0. The van der Waals surface area contributed by atoms with Gasteiger partial charge < -0.3 is 11.1 Å². The number of amides is 2. The van der Waals surface area contributed by atoms with Gasteiger partial charge in [0.2, 0.25) is 0 Å². The molecule has 0 saturated carbocycles. The largest absolute Gasteiger partial charge is 0.527 e. The molecular weight excluding hydrogens is 409 g/mol. The van der Waals surface area contributed by atoms with Crippen molar-refractivity contribution >= 4 is 28.2 Å². The number of halogens is 7. The zero-order valence-corrected chi connectivity index (χ0v) is 14.4. The van der Waals surface area contributed by atoms with E-state index in [1.165, 1.54) is 5.32 Å². The van der Waals surface area contributed by atoms with Crippen molar-refractivity contribution in [1.82, 2.24) is 0 Å². The van der Waals surface area contributed by atoms with Crippen molar-refractivity contribution in [1.29, 1.82) is 0 Å². The molecule has 1 atom stereocenters. The van der Waals surface area contributed by atoms with Crippen LogP contribution in [0.4, 0.5) is 35.7 Å². The first-order valence-electron chi connectivity index (χ1n) is 7.44. The molecule has 13 heteroatoms. The van der Waals surface area contributed by atoms with Crippen LogP contribution < -0.4 is 11.1 Å². The number of alkyl halides is 7. The summed E-state index contributed by atoms with van der Waals surface area (Å²) >= 11 is 0.688. The number of carbonyl (C=O) groups is 2. The number of thiophene rings is 1. The lowest BCUT2D eigenvalue weighted by molar-refractivity contribution is -0.457. The summed E-state index contributed by atoms with van der Waals surface area (Å²) in [4.78, 5) is 23.8. The summed E-state index contributed by atoms with van der Waals surface area (Å²) in [5.74, 6) is -9.52. The van der Waals surface area contributed by atoms with Gasteiger partial charge in [-0.2, -0.15) is 17.6 Å². The fraction of sp³-hybridized carbons (Fsp3) is 0.571. The minimum absolute atomic E-state index is 0.186. The van der Waals surface area contributed by atoms with Crippen molar-refractivity contribution in [2.45, 2.75) is 44.6 Å². The van der Waals surface area contributed by atoms with Gasteiger partial charge in [-0.1, -0.05) is 6.92 Å². The highest BCUT2D eigenvalue weighted by Gasteiger charge is 2.67. The van der Waals surface area contributed by atoms with Gasteiger partial charge >= 0.3 is 24.3 Å². The monoisotopic (exact) mass is 422 g/mol. The summed E-state index contributed by atoms with van der Waals surface area (Å²) in [5, 5.41) is 0.878. The number of fused-ring (bicyclic) bond motifs is 1. The van der Waals surface area contributed by atoms with Gasteiger partial charge in [0.1, 0.15) is 5.00 Å². The van der Waals surface area contributed by atoms with Gasteiger partial charge in [-0.05, 0) is 30.7 Å². The number of primary amides is 1. The molecule has 1 aliphatic rings. The van der Waals surface area contributed by atoms with Gasteiger partial charge in [0, 0.05) is 4.88 Å². The fourth-order valence-corrected chi connectivity index (χ4v) is 4.03. The molecule has 0 bridgehead atoms. The van der Waals surface area contributed by atoms with Crippen LogP contribution in [0.15, 0.2) is 0 Å². The summed E-state index contributed by atoms with van der Waals surface area (Å²) in [6.45, 7) is 1.88. The Hall–Kier alpha value is -1.89. The molecule has 1 aliphatic carbocycles. The second kappa shape index (κ2) is 6.93. The molecule has 3 N–H and O–H groups in total. The van der Waals surface area contributed by atoms with Gasteiger partial charge in [0.05, 0.1) is 5.56 Å². The van der Waals surface area contributed by atoms with Crippen LogP contribution >= 0.6 is 11.3 Å². The normalized spacial score (nSPS) is 18.1. The number of anilines is 1. The van der Waals surface area contributed by atoms with Gasteiger partial charge in [-0.3, -0.25) is 9.59 Å². The third-order valence-electron chi connectivity index (χ3n) is 3.88.